The number of carboxylic acids is 1. The molecule has 6 N–H and O–H groups in total. The van der Waals surface area contributed by atoms with E-state index in [-0.39, 0.29) is 41.2 Å². The molecular formula is C23H36N2O10S. The van der Waals surface area contributed by atoms with Crippen LogP contribution in [0.15, 0.2) is 18.2 Å². The van der Waals surface area contributed by atoms with Crippen LogP contribution in [-0.2, 0) is 25.7 Å². The zero-order valence-electron chi connectivity index (χ0n) is 20.9. The second kappa shape index (κ2) is 12.7. The molecule has 1 aliphatic heterocycles. The summed E-state index contributed by atoms with van der Waals surface area (Å²) in [4.78, 5) is 35.8. The van der Waals surface area contributed by atoms with Crippen LogP contribution < -0.4 is 15.4 Å². The van der Waals surface area contributed by atoms with E-state index in [9.17, 15) is 34.8 Å². The van der Waals surface area contributed by atoms with Gasteiger partial charge in [-0.15, -0.1) is 0 Å². The number of anilines is 1. The molecule has 1 heterocycles. The minimum Gasteiger partial charge on any atom is -0.479 e. The van der Waals surface area contributed by atoms with Gasteiger partial charge in [-0.2, -0.15) is 10.9 Å². The first-order valence-electron chi connectivity index (χ1n) is 11.3. The van der Waals surface area contributed by atoms with Gasteiger partial charge in [-0.05, 0) is 51.0 Å². The molecule has 0 saturated carbocycles. The third-order valence-electron chi connectivity index (χ3n) is 5.11. The Balaban J connectivity index is 2.24. The topological polar surface area (TPSA) is 184 Å². The zero-order chi connectivity index (χ0) is 27.2. The first kappa shape index (κ1) is 29.8. The maximum absolute atomic E-state index is 12.6. The Morgan fingerprint density at radius 1 is 1.08 bits per heavy atom. The van der Waals surface area contributed by atoms with E-state index >= 15 is 0 Å². The predicted molar refractivity (Wildman–Crippen MR) is 133 cm³/mol. The summed E-state index contributed by atoms with van der Waals surface area (Å²) >= 11 is 0. The van der Waals surface area contributed by atoms with Gasteiger partial charge in [0.25, 0.3) is 0 Å². The molecule has 5 atom stereocenters. The van der Waals surface area contributed by atoms with Crippen LogP contribution >= 0.6 is 10.9 Å². The average molecular weight is 533 g/mol. The van der Waals surface area contributed by atoms with Gasteiger partial charge in [0.15, 0.2) is 6.10 Å². The van der Waals surface area contributed by atoms with E-state index in [0.717, 1.165) is 0 Å². The molecule has 0 unspecified atom stereocenters. The first-order chi connectivity index (χ1) is 16.7. The van der Waals surface area contributed by atoms with Crippen molar-refractivity contribution in [1.82, 2.24) is 5.32 Å². The number of carbonyl (C=O) groups excluding carboxylic acids is 2. The smallest absolute Gasteiger partial charge is 0.346 e. The van der Waals surface area contributed by atoms with Crippen molar-refractivity contribution in [3.63, 3.8) is 0 Å². The average Bonchev–Trinajstić information content (AvgIpc) is 2.77. The number of aliphatic hydroxyl groups is 3. The maximum Gasteiger partial charge on any atom is 0.346 e. The normalized spacial score (nSPS) is 24.6. The van der Waals surface area contributed by atoms with E-state index in [1.807, 2.05) is 20.8 Å². The number of aliphatic carboxylic acids is 1. The molecule has 2 rings (SSSR count). The Kier molecular flexibility index (Phi) is 10.5. The fraction of sp³-hybridized carbons (Fsp3) is 0.609. The summed E-state index contributed by atoms with van der Waals surface area (Å²) in [7, 11) is -0.936. The fourth-order valence-electron chi connectivity index (χ4n) is 3.18. The third kappa shape index (κ3) is 8.61. The lowest BCUT2D eigenvalue weighted by Crippen LogP contribution is -2.61. The number of amides is 1. The van der Waals surface area contributed by atoms with Crippen LogP contribution in [0.2, 0.25) is 0 Å². The summed E-state index contributed by atoms with van der Waals surface area (Å²) in [5.41, 5.74) is 0.513. The molecule has 1 amide bonds. The highest BCUT2D eigenvalue weighted by atomic mass is 32.2. The Morgan fingerprint density at radius 2 is 1.75 bits per heavy atom. The van der Waals surface area contributed by atoms with Crippen LogP contribution in [0.5, 0.6) is 5.75 Å². The summed E-state index contributed by atoms with van der Waals surface area (Å²) < 4.78 is 16.1. The van der Waals surface area contributed by atoms with E-state index in [4.69, 9.17) is 14.2 Å². The van der Waals surface area contributed by atoms with Crippen molar-refractivity contribution in [3.05, 3.63) is 23.8 Å². The van der Waals surface area contributed by atoms with Crippen molar-refractivity contribution in [2.24, 2.45) is 0 Å². The van der Waals surface area contributed by atoms with Gasteiger partial charge in [-0.25, -0.2) is 9.59 Å². The van der Waals surface area contributed by atoms with E-state index in [0.29, 0.717) is 12.1 Å². The molecule has 13 heteroatoms. The molecule has 1 saturated heterocycles. The number of carboxylic acid groups (broad SMARTS) is 1. The summed E-state index contributed by atoms with van der Waals surface area (Å²) in [5.74, 6) is -1.90. The number of hydrogen-bond acceptors (Lipinski definition) is 10. The minimum atomic E-state index is -1.87. The van der Waals surface area contributed by atoms with Gasteiger partial charge in [-0.1, -0.05) is 6.07 Å². The van der Waals surface area contributed by atoms with Crippen LogP contribution in [0.1, 0.15) is 32.8 Å². The molecule has 1 fully saturated rings. The third-order valence-corrected chi connectivity index (χ3v) is 5.97. The number of nitrogens with one attached hydrogen (secondary N) is 2. The highest BCUT2D eigenvalue weighted by Gasteiger charge is 2.48. The Morgan fingerprint density at radius 3 is 2.33 bits per heavy atom. The van der Waals surface area contributed by atoms with Crippen LogP contribution in [0.25, 0.3) is 0 Å². The number of aliphatic hydroxyl groups excluding tert-OH is 3. The predicted octanol–water partition coefficient (Wildman–Crippen LogP) is 0.572. The Hall–Kier alpha value is -2.42. The van der Waals surface area contributed by atoms with E-state index < -0.39 is 47.6 Å². The summed E-state index contributed by atoms with van der Waals surface area (Å²) in [6.45, 7) is 6.23. The lowest BCUT2D eigenvalue weighted by Gasteiger charge is -2.38. The Labute approximate surface area is 212 Å². The van der Waals surface area contributed by atoms with Crippen molar-refractivity contribution in [1.29, 1.82) is 0 Å². The van der Waals surface area contributed by atoms with Gasteiger partial charge in [-0.3, -0.25) is 4.79 Å². The number of ether oxygens (including phenoxy) is 3. The standard InChI is InChI=1S/C23H36N2O10S/c1-23(2,3)24-9-8-15(26)25-13-10-12(11-33-22(32)36(4)5)6-7-14(13)34-21-18(29)16(27)17(28)19(35-21)20(30)31/h6-7,10,16-19,21,24,27-29,36H,8-9,11H2,1-5H3,(H,25,26)(H,30,31)/t16-,17-,18+,19-,21+/m0/s1. The number of hydrogen-bond donors (Lipinski definition) is 7. The molecule has 0 bridgehead atoms. The van der Waals surface area contributed by atoms with Crippen LogP contribution in [-0.4, -0.2) is 92.9 Å². The van der Waals surface area contributed by atoms with Crippen molar-refractivity contribution in [2.45, 2.75) is 70.0 Å². The molecule has 1 aromatic carbocycles. The van der Waals surface area contributed by atoms with Crippen molar-refractivity contribution >= 4 is 33.8 Å². The van der Waals surface area contributed by atoms with E-state index in [1.165, 1.54) is 12.1 Å². The van der Waals surface area contributed by atoms with Crippen LogP contribution in [0.4, 0.5) is 10.5 Å². The minimum absolute atomic E-state index is 0.00669. The number of rotatable bonds is 9. The molecule has 0 spiro atoms. The molecule has 36 heavy (non-hydrogen) atoms. The van der Waals surface area contributed by atoms with Crippen molar-refractivity contribution < 1.29 is 49.0 Å². The Bertz CT molecular complexity index is 936. The van der Waals surface area contributed by atoms with Gasteiger partial charge in [0.1, 0.15) is 30.7 Å². The van der Waals surface area contributed by atoms with E-state index in [2.05, 4.69) is 10.6 Å². The summed E-state index contributed by atoms with van der Waals surface area (Å²) in [5, 5.41) is 45.0. The summed E-state index contributed by atoms with van der Waals surface area (Å²) in [6.07, 6.45) is -5.34. The molecule has 0 aliphatic carbocycles. The van der Waals surface area contributed by atoms with Gasteiger partial charge in [0.2, 0.25) is 12.2 Å². The second-order valence-corrected chi connectivity index (χ2v) is 11.8. The number of thiol groups is 1. The maximum atomic E-state index is 12.6. The SMILES string of the molecule is C[SH](C)C(=O)OCc1ccc(O[C@@H]2O[C@H](C(=O)O)[C@@H](O)[C@H](O)[C@H]2O)c(NC(=O)CCNC(C)(C)C)c1. The highest BCUT2D eigenvalue weighted by molar-refractivity contribution is 8.28. The van der Waals surface area contributed by atoms with Crippen molar-refractivity contribution in [3.8, 4) is 5.75 Å². The van der Waals surface area contributed by atoms with Gasteiger partial charge < -0.3 is 45.3 Å². The van der Waals surface area contributed by atoms with Crippen LogP contribution in [0, 0.1) is 0 Å². The van der Waals surface area contributed by atoms with Gasteiger partial charge >= 0.3 is 11.3 Å². The second-order valence-electron chi connectivity index (χ2n) is 9.61. The first-order valence-corrected chi connectivity index (χ1v) is 13.5. The largest absolute Gasteiger partial charge is 0.479 e. The monoisotopic (exact) mass is 532 g/mol. The van der Waals surface area contributed by atoms with Crippen LogP contribution in [0.3, 0.4) is 0 Å². The zero-order valence-corrected chi connectivity index (χ0v) is 21.8. The number of carbonyl (C=O) groups is 3. The fourth-order valence-corrected chi connectivity index (χ4v) is 3.50. The summed E-state index contributed by atoms with van der Waals surface area (Å²) in [6, 6.07) is 4.50. The highest BCUT2D eigenvalue weighted by Crippen LogP contribution is 2.31. The lowest BCUT2D eigenvalue weighted by atomic mass is 9.99. The van der Waals surface area contributed by atoms with E-state index in [1.54, 1.807) is 18.6 Å². The molecule has 12 nitrogen and oxygen atoms in total. The quantitative estimate of drug-likeness (QED) is 0.174. The van der Waals surface area contributed by atoms with Gasteiger partial charge in [0.05, 0.1) is 5.69 Å². The van der Waals surface area contributed by atoms with Crippen molar-refractivity contribution in [2.75, 3.05) is 24.4 Å². The molecular weight excluding hydrogens is 496 g/mol. The lowest BCUT2D eigenvalue weighted by molar-refractivity contribution is -0.271. The molecule has 1 aliphatic rings. The molecule has 0 radical (unpaired) electrons. The molecule has 0 aromatic heterocycles. The molecule has 204 valence electrons. The molecule has 1 aromatic rings. The van der Waals surface area contributed by atoms with Gasteiger partial charge in [0, 0.05) is 18.5 Å². The number of benzene rings is 1.